The van der Waals surface area contributed by atoms with Crippen LogP contribution in [-0.4, -0.2) is 44.6 Å². The number of hydrogen-bond acceptors (Lipinski definition) is 5. The summed E-state index contributed by atoms with van der Waals surface area (Å²) in [6, 6.07) is 1.98. The summed E-state index contributed by atoms with van der Waals surface area (Å²) < 4.78 is 7.42. The zero-order valence-corrected chi connectivity index (χ0v) is 12.7. The summed E-state index contributed by atoms with van der Waals surface area (Å²) in [4.78, 5) is 19.7. The molecule has 0 atom stereocenters. The van der Waals surface area contributed by atoms with Crippen molar-refractivity contribution < 1.29 is 14.6 Å². The van der Waals surface area contributed by atoms with Crippen LogP contribution in [0.3, 0.4) is 0 Å². The number of pyridine rings is 1. The summed E-state index contributed by atoms with van der Waals surface area (Å²) in [5.41, 5.74) is 1.45. The Morgan fingerprint density at radius 3 is 3.00 bits per heavy atom. The van der Waals surface area contributed by atoms with E-state index in [1.54, 1.807) is 12.3 Å². The largest absolute Gasteiger partial charge is 0.481 e. The SMILES string of the molecule is O=C(O)CSc1nc2cc(Cl)cnc2n1C1CCOCC1. The maximum Gasteiger partial charge on any atom is 0.313 e. The van der Waals surface area contributed by atoms with E-state index in [0.717, 1.165) is 18.5 Å². The van der Waals surface area contributed by atoms with Gasteiger partial charge in [0.1, 0.15) is 5.52 Å². The van der Waals surface area contributed by atoms with E-state index >= 15 is 0 Å². The maximum atomic E-state index is 10.8. The predicted octanol–water partition coefficient (Wildman–Crippen LogP) is 2.61. The van der Waals surface area contributed by atoms with Crippen molar-refractivity contribution in [2.75, 3.05) is 19.0 Å². The lowest BCUT2D eigenvalue weighted by Gasteiger charge is -2.25. The van der Waals surface area contributed by atoms with Gasteiger partial charge >= 0.3 is 5.97 Å². The number of carbonyl (C=O) groups is 1. The molecule has 1 saturated heterocycles. The fraction of sp³-hybridized carbons (Fsp3) is 0.462. The second-order valence-electron chi connectivity index (χ2n) is 4.79. The van der Waals surface area contributed by atoms with Gasteiger partial charge in [-0.05, 0) is 18.9 Å². The Morgan fingerprint density at radius 2 is 2.29 bits per heavy atom. The highest BCUT2D eigenvalue weighted by Crippen LogP contribution is 2.32. The highest BCUT2D eigenvalue weighted by atomic mass is 35.5. The maximum absolute atomic E-state index is 10.8. The first-order valence-electron chi connectivity index (χ1n) is 6.61. The summed E-state index contributed by atoms with van der Waals surface area (Å²) in [5, 5.41) is 10.1. The van der Waals surface area contributed by atoms with Crippen molar-refractivity contribution in [3.63, 3.8) is 0 Å². The Morgan fingerprint density at radius 1 is 1.52 bits per heavy atom. The molecule has 0 unspecified atom stereocenters. The average Bonchev–Trinajstić information content (AvgIpc) is 2.83. The van der Waals surface area contributed by atoms with Crippen LogP contribution in [0.1, 0.15) is 18.9 Å². The Balaban J connectivity index is 2.03. The molecule has 1 N–H and O–H groups in total. The Kier molecular flexibility index (Phi) is 4.32. The van der Waals surface area contributed by atoms with E-state index in [1.807, 2.05) is 4.57 Å². The summed E-state index contributed by atoms with van der Waals surface area (Å²) in [6.45, 7) is 1.39. The van der Waals surface area contributed by atoms with Gasteiger partial charge in [-0.1, -0.05) is 23.4 Å². The summed E-state index contributed by atoms with van der Waals surface area (Å²) >= 11 is 7.17. The van der Waals surface area contributed by atoms with Crippen molar-refractivity contribution in [2.45, 2.75) is 24.0 Å². The number of thioether (sulfide) groups is 1. The molecule has 1 aliphatic rings. The molecule has 8 heteroatoms. The van der Waals surface area contributed by atoms with E-state index in [0.29, 0.717) is 28.9 Å². The van der Waals surface area contributed by atoms with Gasteiger partial charge in [0.15, 0.2) is 10.8 Å². The Bertz CT molecular complexity index is 670. The standard InChI is InChI=1S/C13H14ClN3O3S/c14-8-5-10-12(15-6-8)17(9-1-3-20-4-2-9)13(16-10)21-7-11(18)19/h5-6,9H,1-4,7H2,(H,18,19). The van der Waals surface area contributed by atoms with E-state index in [9.17, 15) is 4.79 Å². The van der Waals surface area contributed by atoms with Crippen molar-refractivity contribution in [3.05, 3.63) is 17.3 Å². The molecule has 3 heterocycles. The minimum atomic E-state index is -0.864. The van der Waals surface area contributed by atoms with Crippen molar-refractivity contribution in [3.8, 4) is 0 Å². The number of aromatic nitrogens is 3. The van der Waals surface area contributed by atoms with Crippen molar-refractivity contribution in [1.29, 1.82) is 0 Å². The molecule has 6 nitrogen and oxygen atoms in total. The molecule has 2 aromatic heterocycles. The lowest BCUT2D eigenvalue weighted by atomic mass is 10.1. The molecule has 0 saturated carbocycles. The van der Waals surface area contributed by atoms with Gasteiger partial charge in [-0.3, -0.25) is 4.79 Å². The molecule has 0 aliphatic carbocycles. The summed E-state index contributed by atoms with van der Waals surface area (Å²) in [5.74, 6) is -0.892. The van der Waals surface area contributed by atoms with E-state index in [1.165, 1.54) is 11.8 Å². The van der Waals surface area contributed by atoms with Crippen LogP contribution in [0, 0.1) is 0 Å². The number of ether oxygens (including phenoxy) is 1. The van der Waals surface area contributed by atoms with E-state index in [4.69, 9.17) is 21.4 Å². The lowest BCUT2D eigenvalue weighted by Crippen LogP contribution is -2.20. The van der Waals surface area contributed by atoms with E-state index in [-0.39, 0.29) is 11.8 Å². The van der Waals surface area contributed by atoms with Gasteiger partial charge in [-0.25, -0.2) is 9.97 Å². The monoisotopic (exact) mass is 327 g/mol. The highest BCUT2D eigenvalue weighted by molar-refractivity contribution is 7.99. The van der Waals surface area contributed by atoms with Crippen LogP contribution in [0.15, 0.2) is 17.4 Å². The van der Waals surface area contributed by atoms with Gasteiger partial charge in [0.25, 0.3) is 0 Å². The van der Waals surface area contributed by atoms with Crippen LogP contribution in [0.25, 0.3) is 11.2 Å². The van der Waals surface area contributed by atoms with Crippen LogP contribution in [0.2, 0.25) is 5.02 Å². The summed E-state index contributed by atoms with van der Waals surface area (Å²) in [7, 11) is 0. The van der Waals surface area contributed by atoms with Gasteiger partial charge in [0.05, 0.1) is 10.8 Å². The van der Waals surface area contributed by atoms with E-state index in [2.05, 4.69) is 9.97 Å². The minimum absolute atomic E-state index is 0.0275. The second-order valence-corrected chi connectivity index (χ2v) is 6.17. The molecule has 0 aromatic carbocycles. The molecular formula is C13H14ClN3O3S. The zero-order valence-electron chi connectivity index (χ0n) is 11.2. The van der Waals surface area contributed by atoms with Gasteiger partial charge in [-0.2, -0.15) is 0 Å². The third kappa shape index (κ3) is 3.14. The number of carboxylic acid groups (broad SMARTS) is 1. The van der Waals surface area contributed by atoms with Gasteiger partial charge in [0.2, 0.25) is 0 Å². The number of imidazole rings is 1. The lowest BCUT2D eigenvalue weighted by molar-refractivity contribution is -0.133. The summed E-state index contributed by atoms with van der Waals surface area (Å²) in [6.07, 6.45) is 3.33. The van der Waals surface area contributed by atoms with E-state index < -0.39 is 5.97 Å². The first-order valence-corrected chi connectivity index (χ1v) is 7.97. The molecule has 0 amide bonds. The average molecular weight is 328 g/mol. The molecule has 0 bridgehead atoms. The fourth-order valence-electron chi connectivity index (χ4n) is 2.44. The number of hydrogen-bond donors (Lipinski definition) is 1. The quantitative estimate of drug-likeness (QED) is 0.870. The smallest absolute Gasteiger partial charge is 0.313 e. The molecule has 1 aliphatic heterocycles. The second kappa shape index (κ2) is 6.21. The number of nitrogens with zero attached hydrogens (tertiary/aromatic N) is 3. The third-order valence-corrected chi connectivity index (χ3v) is 4.49. The van der Waals surface area contributed by atoms with Crippen LogP contribution in [0.5, 0.6) is 0 Å². The molecule has 2 aromatic rings. The number of aliphatic carboxylic acids is 1. The molecule has 0 radical (unpaired) electrons. The first kappa shape index (κ1) is 14.6. The number of fused-ring (bicyclic) bond motifs is 1. The predicted molar refractivity (Wildman–Crippen MR) is 80.0 cm³/mol. The molecule has 112 valence electrons. The first-order chi connectivity index (χ1) is 10.1. The highest BCUT2D eigenvalue weighted by Gasteiger charge is 2.23. The Hall–Kier alpha value is -1.31. The van der Waals surface area contributed by atoms with Crippen molar-refractivity contribution in [2.24, 2.45) is 0 Å². The normalized spacial score (nSPS) is 16.4. The van der Waals surface area contributed by atoms with Gasteiger partial charge < -0.3 is 14.4 Å². The molecule has 1 fully saturated rings. The molecular weight excluding hydrogens is 314 g/mol. The number of carboxylic acids is 1. The topological polar surface area (TPSA) is 77.2 Å². The van der Waals surface area contributed by atoms with Crippen LogP contribution >= 0.6 is 23.4 Å². The van der Waals surface area contributed by atoms with Crippen LogP contribution in [0.4, 0.5) is 0 Å². The minimum Gasteiger partial charge on any atom is -0.481 e. The molecule has 0 spiro atoms. The molecule has 21 heavy (non-hydrogen) atoms. The third-order valence-electron chi connectivity index (χ3n) is 3.34. The van der Waals surface area contributed by atoms with Crippen LogP contribution < -0.4 is 0 Å². The number of halogens is 1. The van der Waals surface area contributed by atoms with Crippen molar-refractivity contribution >= 4 is 40.5 Å². The molecule has 3 rings (SSSR count). The Labute approximate surface area is 130 Å². The fourth-order valence-corrected chi connectivity index (χ4v) is 3.38. The number of rotatable bonds is 4. The van der Waals surface area contributed by atoms with Crippen molar-refractivity contribution in [1.82, 2.24) is 14.5 Å². The van der Waals surface area contributed by atoms with Gasteiger partial charge in [0, 0.05) is 25.5 Å². The zero-order chi connectivity index (χ0) is 14.8. The van der Waals surface area contributed by atoms with Crippen LogP contribution in [-0.2, 0) is 9.53 Å². The van der Waals surface area contributed by atoms with Gasteiger partial charge in [-0.15, -0.1) is 0 Å².